The highest BCUT2D eigenvalue weighted by Gasteiger charge is 2.20. The van der Waals surface area contributed by atoms with Crippen LogP contribution >= 0.6 is 0 Å². The first-order valence-corrected chi connectivity index (χ1v) is 10.3. The van der Waals surface area contributed by atoms with E-state index >= 15 is 0 Å². The van der Waals surface area contributed by atoms with Crippen molar-refractivity contribution in [3.05, 3.63) is 83.4 Å². The van der Waals surface area contributed by atoms with Gasteiger partial charge in [0.15, 0.2) is 23.9 Å². The number of carbonyl (C=O) groups is 3. The highest BCUT2D eigenvalue weighted by atomic mass is 16.7. The Morgan fingerprint density at radius 1 is 0.939 bits per heavy atom. The minimum atomic E-state index is -0.463. The molecule has 0 unspecified atom stereocenters. The highest BCUT2D eigenvalue weighted by Crippen LogP contribution is 2.37. The Balaban J connectivity index is 1.35. The lowest BCUT2D eigenvalue weighted by molar-refractivity contribution is -0.118. The summed E-state index contributed by atoms with van der Waals surface area (Å²) in [7, 11) is 0. The van der Waals surface area contributed by atoms with E-state index in [-0.39, 0.29) is 25.1 Å². The summed E-state index contributed by atoms with van der Waals surface area (Å²) in [6.45, 7) is 1.56. The van der Waals surface area contributed by atoms with Gasteiger partial charge < -0.3 is 24.8 Å². The Morgan fingerprint density at radius 2 is 1.70 bits per heavy atom. The number of hydrogen-bond donors (Lipinski definition) is 2. The fourth-order valence-corrected chi connectivity index (χ4v) is 3.28. The lowest BCUT2D eigenvalue weighted by Crippen LogP contribution is -2.23. The smallest absolute Gasteiger partial charge is 0.262 e. The molecular weight excluding hydrogens is 424 g/mol. The second-order valence-electron chi connectivity index (χ2n) is 7.34. The summed E-state index contributed by atoms with van der Waals surface area (Å²) in [6.07, 6.45) is 0. The zero-order chi connectivity index (χ0) is 23.2. The zero-order valence-electron chi connectivity index (χ0n) is 17.9. The summed E-state index contributed by atoms with van der Waals surface area (Å²) in [5.41, 5.74) is 2.03. The van der Waals surface area contributed by atoms with Crippen LogP contribution in [0.15, 0.2) is 66.7 Å². The Bertz CT molecular complexity index is 1190. The molecular formula is C25H22N2O6. The van der Waals surface area contributed by atoms with Gasteiger partial charge in [-0.3, -0.25) is 14.4 Å². The van der Waals surface area contributed by atoms with E-state index in [0.29, 0.717) is 40.6 Å². The van der Waals surface area contributed by atoms with Gasteiger partial charge in [0.05, 0.1) is 5.69 Å². The third-order valence-corrected chi connectivity index (χ3v) is 4.93. The van der Waals surface area contributed by atoms with Gasteiger partial charge in [-0.25, -0.2) is 0 Å². The molecule has 33 heavy (non-hydrogen) atoms. The molecule has 0 fully saturated rings. The molecule has 8 heteroatoms. The van der Waals surface area contributed by atoms with E-state index in [1.807, 2.05) is 30.3 Å². The van der Waals surface area contributed by atoms with Gasteiger partial charge in [0, 0.05) is 23.7 Å². The maximum Gasteiger partial charge on any atom is 0.262 e. The first-order valence-electron chi connectivity index (χ1n) is 10.3. The fourth-order valence-electron chi connectivity index (χ4n) is 3.28. The van der Waals surface area contributed by atoms with Crippen LogP contribution in [0, 0.1) is 0 Å². The topological polar surface area (TPSA) is 103 Å². The Morgan fingerprint density at radius 3 is 2.45 bits per heavy atom. The summed E-state index contributed by atoms with van der Waals surface area (Å²) >= 11 is 0. The van der Waals surface area contributed by atoms with Gasteiger partial charge in [-0.1, -0.05) is 36.4 Å². The van der Waals surface area contributed by atoms with Crippen LogP contribution in [0.5, 0.6) is 17.2 Å². The average Bonchev–Trinajstić information content (AvgIpc) is 3.29. The summed E-state index contributed by atoms with van der Waals surface area (Å²) in [4.78, 5) is 36.8. The molecule has 3 aromatic rings. The summed E-state index contributed by atoms with van der Waals surface area (Å²) in [6, 6.07) is 19.2. The molecule has 0 radical (unpaired) electrons. The molecule has 1 heterocycles. The highest BCUT2D eigenvalue weighted by molar-refractivity contribution is 6.05. The van der Waals surface area contributed by atoms with E-state index in [9.17, 15) is 14.4 Å². The largest absolute Gasteiger partial charge is 0.484 e. The van der Waals surface area contributed by atoms with Crippen LogP contribution in [0.1, 0.15) is 33.2 Å². The molecule has 2 amide bonds. The molecule has 0 saturated carbocycles. The average molecular weight is 446 g/mol. The normalized spacial score (nSPS) is 11.5. The molecule has 8 nitrogen and oxygen atoms in total. The first-order chi connectivity index (χ1) is 16.0. The van der Waals surface area contributed by atoms with Gasteiger partial charge in [0.1, 0.15) is 5.75 Å². The van der Waals surface area contributed by atoms with Crippen molar-refractivity contribution in [1.82, 2.24) is 5.32 Å². The minimum Gasteiger partial charge on any atom is -0.484 e. The van der Waals surface area contributed by atoms with E-state index in [0.717, 1.165) is 5.56 Å². The summed E-state index contributed by atoms with van der Waals surface area (Å²) < 4.78 is 16.2. The first kappa shape index (κ1) is 21.9. The predicted molar refractivity (Wildman–Crippen MR) is 121 cm³/mol. The van der Waals surface area contributed by atoms with Crippen LogP contribution in [0.25, 0.3) is 0 Å². The standard InChI is InChI=1S/C25H22N2O6/c1-16(28)20-11-22-23(33-15-32-22)12-21(20)27-24(29)14-31-19-9-5-8-18(10-19)25(30)26-13-17-6-3-2-4-7-17/h2-12H,13-15H2,1H3,(H,26,30)(H,27,29). The van der Waals surface area contributed by atoms with Crippen molar-refractivity contribution in [3.8, 4) is 17.2 Å². The molecule has 4 rings (SSSR count). The number of benzene rings is 3. The Hall–Kier alpha value is -4.33. The van der Waals surface area contributed by atoms with Gasteiger partial charge in [-0.2, -0.15) is 0 Å². The molecule has 0 spiro atoms. The quantitative estimate of drug-likeness (QED) is 0.513. The summed E-state index contributed by atoms with van der Waals surface area (Å²) in [5, 5.41) is 5.52. The van der Waals surface area contributed by atoms with E-state index < -0.39 is 5.91 Å². The van der Waals surface area contributed by atoms with Gasteiger partial charge in [-0.15, -0.1) is 0 Å². The molecule has 0 saturated heterocycles. The van der Waals surface area contributed by atoms with Crippen molar-refractivity contribution in [2.24, 2.45) is 0 Å². The minimum absolute atomic E-state index is 0.0580. The SMILES string of the molecule is CC(=O)c1cc2c(cc1NC(=O)COc1cccc(C(=O)NCc3ccccc3)c1)OCO2. The summed E-state index contributed by atoms with van der Waals surface area (Å²) in [5.74, 6) is 0.339. The van der Waals surface area contributed by atoms with Crippen LogP contribution in [-0.4, -0.2) is 31.0 Å². The van der Waals surface area contributed by atoms with Crippen molar-refractivity contribution in [2.45, 2.75) is 13.5 Å². The van der Waals surface area contributed by atoms with Crippen molar-refractivity contribution in [1.29, 1.82) is 0 Å². The lowest BCUT2D eigenvalue weighted by atomic mass is 10.1. The monoisotopic (exact) mass is 446 g/mol. The van der Waals surface area contributed by atoms with E-state index in [4.69, 9.17) is 14.2 Å². The molecule has 0 aliphatic carbocycles. The maximum absolute atomic E-state index is 12.4. The number of carbonyl (C=O) groups excluding carboxylic acids is 3. The molecule has 0 aromatic heterocycles. The zero-order valence-corrected chi connectivity index (χ0v) is 17.9. The number of ether oxygens (including phenoxy) is 3. The molecule has 1 aliphatic rings. The lowest BCUT2D eigenvalue weighted by Gasteiger charge is -2.12. The molecule has 0 bridgehead atoms. The van der Waals surface area contributed by atoms with Crippen LogP contribution in [0.2, 0.25) is 0 Å². The predicted octanol–water partition coefficient (Wildman–Crippen LogP) is 3.57. The number of nitrogens with one attached hydrogen (secondary N) is 2. The number of rotatable bonds is 8. The second kappa shape index (κ2) is 9.86. The Labute approximate surface area is 190 Å². The van der Waals surface area contributed by atoms with E-state index in [1.165, 1.54) is 6.92 Å². The van der Waals surface area contributed by atoms with E-state index in [2.05, 4.69) is 10.6 Å². The number of anilines is 1. The maximum atomic E-state index is 12.4. The Kier molecular flexibility index (Phi) is 6.54. The number of fused-ring (bicyclic) bond motifs is 1. The van der Waals surface area contributed by atoms with Crippen molar-refractivity contribution >= 4 is 23.3 Å². The fraction of sp³-hybridized carbons (Fsp3) is 0.160. The van der Waals surface area contributed by atoms with Crippen LogP contribution in [0.3, 0.4) is 0 Å². The van der Waals surface area contributed by atoms with Crippen molar-refractivity contribution < 1.29 is 28.6 Å². The molecule has 0 atom stereocenters. The van der Waals surface area contributed by atoms with Crippen molar-refractivity contribution in [2.75, 3.05) is 18.7 Å². The van der Waals surface area contributed by atoms with Gasteiger partial charge in [0.25, 0.3) is 11.8 Å². The van der Waals surface area contributed by atoms with Crippen LogP contribution in [-0.2, 0) is 11.3 Å². The third kappa shape index (κ3) is 5.48. The van der Waals surface area contributed by atoms with E-state index in [1.54, 1.807) is 36.4 Å². The van der Waals surface area contributed by atoms with Crippen LogP contribution < -0.4 is 24.8 Å². The van der Waals surface area contributed by atoms with Crippen LogP contribution in [0.4, 0.5) is 5.69 Å². The molecule has 2 N–H and O–H groups in total. The third-order valence-electron chi connectivity index (χ3n) is 4.93. The van der Waals surface area contributed by atoms with Gasteiger partial charge >= 0.3 is 0 Å². The molecule has 3 aromatic carbocycles. The number of Topliss-reactive ketones (excluding diaryl/α,β-unsaturated/α-hetero) is 1. The number of ketones is 1. The molecule has 1 aliphatic heterocycles. The number of amides is 2. The van der Waals surface area contributed by atoms with Crippen molar-refractivity contribution in [3.63, 3.8) is 0 Å². The van der Waals surface area contributed by atoms with Gasteiger partial charge in [-0.05, 0) is 36.8 Å². The number of hydrogen-bond acceptors (Lipinski definition) is 6. The van der Waals surface area contributed by atoms with Gasteiger partial charge in [0.2, 0.25) is 6.79 Å². The second-order valence-corrected chi connectivity index (χ2v) is 7.34. The molecule has 168 valence electrons.